The highest BCUT2D eigenvalue weighted by Crippen LogP contribution is 2.30. The summed E-state index contributed by atoms with van der Waals surface area (Å²) in [5.74, 6) is 0.914. The van der Waals surface area contributed by atoms with Gasteiger partial charge < -0.3 is 14.0 Å². The van der Waals surface area contributed by atoms with E-state index in [9.17, 15) is 4.79 Å². The summed E-state index contributed by atoms with van der Waals surface area (Å²) in [6.45, 7) is 0.459. The lowest BCUT2D eigenvalue weighted by Gasteiger charge is -2.20. The monoisotopic (exact) mass is 356 g/mol. The van der Waals surface area contributed by atoms with Gasteiger partial charge in [-0.1, -0.05) is 28.9 Å². The highest BCUT2D eigenvalue weighted by molar-refractivity contribution is 6.30. The van der Waals surface area contributed by atoms with E-state index in [2.05, 4.69) is 10.1 Å². The van der Waals surface area contributed by atoms with Crippen LogP contribution in [0.25, 0.3) is 11.3 Å². The van der Waals surface area contributed by atoms with Crippen LogP contribution in [0, 0.1) is 0 Å². The van der Waals surface area contributed by atoms with Crippen molar-refractivity contribution in [2.75, 3.05) is 0 Å². The first kappa shape index (κ1) is 15.9. The zero-order valence-electron chi connectivity index (χ0n) is 13.7. The first-order valence-corrected chi connectivity index (χ1v) is 8.49. The molecule has 2 aromatic heterocycles. The molecule has 1 aliphatic carbocycles. The summed E-state index contributed by atoms with van der Waals surface area (Å²) in [6, 6.07) is 9.21. The molecule has 7 heteroatoms. The van der Waals surface area contributed by atoms with E-state index in [1.165, 1.54) is 0 Å². The van der Waals surface area contributed by atoms with Gasteiger partial charge in [-0.3, -0.25) is 4.79 Å². The topological polar surface area (TPSA) is 64.2 Å². The van der Waals surface area contributed by atoms with Crippen molar-refractivity contribution in [2.45, 2.75) is 25.4 Å². The van der Waals surface area contributed by atoms with E-state index in [0.29, 0.717) is 17.3 Å². The molecular formula is C18H17ClN4O2. The Morgan fingerprint density at radius 2 is 2.24 bits per heavy atom. The van der Waals surface area contributed by atoms with E-state index in [4.69, 9.17) is 16.1 Å². The van der Waals surface area contributed by atoms with Crippen LogP contribution in [0.2, 0.25) is 5.02 Å². The maximum absolute atomic E-state index is 12.9. The standard InChI is InChI=1S/C18H17ClN4O2/c1-22-8-7-20-17(22)11-23(14-5-6-14)18(24)16-10-15(21-25-16)12-3-2-4-13(19)9-12/h2-4,7-10,14H,5-6,11H2,1H3. The Morgan fingerprint density at radius 3 is 2.92 bits per heavy atom. The van der Waals surface area contributed by atoms with Crippen LogP contribution >= 0.6 is 11.6 Å². The number of carbonyl (C=O) groups is 1. The molecule has 4 rings (SSSR count). The van der Waals surface area contributed by atoms with Crippen molar-refractivity contribution in [3.8, 4) is 11.3 Å². The molecule has 3 aromatic rings. The zero-order valence-corrected chi connectivity index (χ0v) is 14.5. The fourth-order valence-electron chi connectivity index (χ4n) is 2.76. The molecule has 1 aliphatic rings. The Kier molecular flexibility index (Phi) is 4.05. The van der Waals surface area contributed by atoms with Crippen molar-refractivity contribution in [3.05, 3.63) is 59.3 Å². The van der Waals surface area contributed by atoms with Gasteiger partial charge in [-0.05, 0) is 25.0 Å². The largest absolute Gasteiger partial charge is 0.350 e. The second-order valence-corrected chi connectivity index (χ2v) is 6.64. The van der Waals surface area contributed by atoms with Crippen LogP contribution < -0.4 is 0 Å². The molecule has 0 unspecified atom stereocenters. The van der Waals surface area contributed by atoms with Gasteiger partial charge in [0.2, 0.25) is 5.76 Å². The van der Waals surface area contributed by atoms with Crippen molar-refractivity contribution >= 4 is 17.5 Å². The van der Waals surface area contributed by atoms with E-state index in [-0.39, 0.29) is 17.7 Å². The average Bonchev–Trinajstić information content (AvgIpc) is 3.17. The molecular weight excluding hydrogens is 340 g/mol. The van der Waals surface area contributed by atoms with E-state index in [1.807, 2.05) is 34.8 Å². The maximum Gasteiger partial charge on any atom is 0.293 e. The summed E-state index contributed by atoms with van der Waals surface area (Å²) in [5, 5.41) is 4.64. The highest BCUT2D eigenvalue weighted by atomic mass is 35.5. The minimum absolute atomic E-state index is 0.161. The lowest BCUT2D eigenvalue weighted by molar-refractivity contribution is 0.0681. The fourth-order valence-corrected chi connectivity index (χ4v) is 2.95. The number of hydrogen-bond acceptors (Lipinski definition) is 4. The summed E-state index contributed by atoms with van der Waals surface area (Å²) in [7, 11) is 1.92. The van der Waals surface area contributed by atoms with Crippen molar-refractivity contribution in [2.24, 2.45) is 7.05 Å². The van der Waals surface area contributed by atoms with E-state index in [1.54, 1.807) is 24.4 Å². The third-order valence-corrected chi connectivity index (χ3v) is 4.56. The Bertz CT molecular complexity index is 913. The minimum Gasteiger partial charge on any atom is -0.350 e. The molecule has 25 heavy (non-hydrogen) atoms. The van der Waals surface area contributed by atoms with Crippen molar-refractivity contribution < 1.29 is 9.32 Å². The lowest BCUT2D eigenvalue weighted by Crippen LogP contribution is -2.33. The summed E-state index contributed by atoms with van der Waals surface area (Å²) in [4.78, 5) is 19.0. The van der Waals surface area contributed by atoms with Gasteiger partial charge in [0.1, 0.15) is 11.5 Å². The molecule has 1 saturated carbocycles. The molecule has 1 aromatic carbocycles. The Hall–Kier alpha value is -2.60. The summed E-state index contributed by atoms with van der Waals surface area (Å²) in [5.41, 5.74) is 1.41. The number of rotatable bonds is 5. The van der Waals surface area contributed by atoms with Crippen LogP contribution in [-0.2, 0) is 13.6 Å². The normalized spacial score (nSPS) is 13.8. The van der Waals surface area contributed by atoms with Crippen LogP contribution in [-0.4, -0.2) is 31.6 Å². The summed E-state index contributed by atoms with van der Waals surface area (Å²) in [6.07, 6.45) is 5.62. The maximum atomic E-state index is 12.9. The molecule has 0 atom stereocenters. The quantitative estimate of drug-likeness (QED) is 0.701. The number of halogens is 1. The molecule has 1 fully saturated rings. The third-order valence-electron chi connectivity index (χ3n) is 4.32. The zero-order chi connectivity index (χ0) is 17.4. The molecule has 0 radical (unpaired) electrons. The Morgan fingerprint density at radius 1 is 1.40 bits per heavy atom. The van der Waals surface area contributed by atoms with Gasteiger partial charge in [-0.15, -0.1) is 0 Å². The highest BCUT2D eigenvalue weighted by Gasteiger charge is 2.35. The van der Waals surface area contributed by atoms with Gasteiger partial charge in [0.15, 0.2) is 0 Å². The lowest BCUT2D eigenvalue weighted by atomic mass is 10.1. The van der Waals surface area contributed by atoms with Crippen molar-refractivity contribution in [1.82, 2.24) is 19.6 Å². The Labute approximate surface area is 150 Å². The van der Waals surface area contributed by atoms with Gasteiger partial charge in [-0.2, -0.15) is 0 Å². The molecule has 0 aliphatic heterocycles. The molecule has 0 saturated heterocycles. The predicted octanol–water partition coefficient (Wildman–Crippen LogP) is 3.53. The van der Waals surface area contributed by atoms with E-state index < -0.39 is 0 Å². The van der Waals surface area contributed by atoms with Crippen LogP contribution in [0.1, 0.15) is 29.2 Å². The average molecular weight is 357 g/mol. The van der Waals surface area contributed by atoms with Crippen molar-refractivity contribution in [3.63, 3.8) is 0 Å². The minimum atomic E-state index is -0.161. The molecule has 128 valence electrons. The van der Waals surface area contributed by atoms with Crippen LogP contribution in [0.4, 0.5) is 0 Å². The predicted molar refractivity (Wildman–Crippen MR) is 93.1 cm³/mol. The number of aromatic nitrogens is 3. The third kappa shape index (κ3) is 3.30. The first-order chi connectivity index (χ1) is 12.1. The second kappa shape index (κ2) is 6.37. The van der Waals surface area contributed by atoms with Gasteiger partial charge in [-0.25, -0.2) is 4.98 Å². The second-order valence-electron chi connectivity index (χ2n) is 6.21. The number of carbonyl (C=O) groups excluding carboxylic acids is 1. The van der Waals surface area contributed by atoms with Crippen LogP contribution in [0.5, 0.6) is 0 Å². The smallest absolute Gasteiger partial charge is 0.293 e. The van der Waals surface area contributed by atoms with Gasteiger partial charge in [0.05, 0.1) is 6.54 Å². The van der Waals surface area contributed by atoms with E-state index >= 15 is 0 Å². The van der Waals surface area contributed by atoms with Gasteiger partial charge in [0, 0.05) is 42.1 Å². The first-order valence-electron chi connectivity index (χ1n) is 8.11. The number of imidazole rings is 1. The summed E-state index contributed by atoms with van der Waals surface area (Å²) < 4.78 is 7.23. The molecule has 2 heterocycles. The Balaban J connectivity index is 1.58. The fraction of sp³-hybridized carbons (Fsp3) is 0.278. The number of nitrogens with zero attached hydrogens (tertiary/aromatic N) is 4. The van der Waals surface area contributed by atoms with Gasteiger partial charge in [0.25, 0.3) is 5.91 Å². The van der Waals surface area contributed by atoms with Gasteiger partial charge >= 0.3 is 0 Å². The van der Waals surface area contributed by atoms with Crippen LogP contribution in [0.3, 0.4) is 0 Å². The number of hydrogen-bond donors (Lipinski definition) is 0. The molecule has 0 bridgehead atoms. The number of benzene rings is 1. The molecule has 6 nitrogen and oxygen atoms in total. The molecule has 0 N–H and O–H groups in total. The van der Waals surface area contributed by atoms with Crippen molar-refractivity contribution in [1.29, 1.82) is 0 Å². The number of amides is 1. The van der Waals surface area contributed by atoms with Crippen LogP contribution in [0.15, 0.2) is 47.2 Å². The number of aryl methyl sites for hydroxylation is 1. The SMILES string of the molecule is Cn1ccnc1CN(C(=O)c1cc(-c2cccc(Cl)c2)no1)C1CC1. The summed E-state index contributed by atoms with van der Waals surface area (Å²) >= 11 is 6.02. The molecule has 1 amide bonds. The van der Waals surface area contributed by atoms with E-state index in [0.717, 1.165) is 24.2 Å². The molecule has 0 spiro atoms.